The molecule has 1 aromatic carbocycles. The van der Waals surface area contributed by atoms with E-state index in [4.69, 9.17) is 25.9 Å². The minimum atomic E-state index is -1.08. The summed E-state index contributed by atoms with van der Waals surface area (Å²) in [5.41, 5.74) is -1.09. The molecule has 9 heteroatoms. The number of carboxylic acid groups (broad SMARTS) is 1. The maximum absolute atomic E-state index is 12.0. The second kappa shape index (κ2) is 8.48. The van der Waals surface area contributed by atoms with Crippen LogP contribution in [0.4, 0.5) is 0 Å². The standard InChI is InChI=1S/C17H16ClNO7/c1-2-3-15(22)25-13-8-12-9(7-11(13)18)6-10(17(24)26-12)16(23)19-5-4-14(20)21/h6-8H,2-5H2,1H3,(H,19,23)(H,20,21). The summed E-state index contributed by atoms with van der Waals surface area (Å²) in [6.45, 7) is 1.70. The minimum absolute atomic E-state index is 0.0550. The SMILES string of the molecule is CCCC(=O)Oc1cc2oc(=O)c(C(=O)NCCC(=O)O)cc2cc1Cl. The lowest BCUT2D eigenvalue weighted by Gasteiger charge is -2.08. The molecule has 0 fully saturated rings. The van der Waals surface area contributed by atoms with Gasteiger partial charge in [0.1, 0.15) is 11.1 Å². The van der Waals surface area contributed by atoms with Gasteiger partial charge in [-0.3, -0.25) is 14.4 Å². The molecule has 138 valence electrons. The van der Waals surface area contributed by atoms with Gasteiger partial charge in [0.2, 0.25) is 0 Å². The number of rotatable bonds is 7. The molecule has 0 aliphatic heterocycles. The first-order valence-electron chi connectivity index (χ1n) is 7.80. The second-order valence-electron chi connectivity index (χ2n) is 5.39. The fourth-order valence-corrected chi connectivity index (χ4v) is 2.32. The van der Waals surface area contributed by atoms with Crippen LogP contribution in [0.1, 0.15) is 36.5 Å². The number of ether oxygens (including phenoxy) is 1. The van der Waals surface area contributed by atoms with Crippen molar-refractivity contribution >= 4 is 40.4 Å². The van der Waals surface area contributed by atoms with E-state index in [-0.39, 0.29) is 41.3 Å². The van der Waals surface area contributed by atoms with E-state index in [9.17, 15) is 19.2 Å². The monoisotopic (exact) mass is 381 g/mol. The molecule has 0 unspecified atom stereocenters. The molecule has 0 spiro atoms. The van der Waals surface area contributed by atoms with Crippen molar-refractivity contribution in [2.24, 2.45) is 0 Å². The maximum atomic E-state index is 12.0. The van der Waals surface area contributed by atoms with Crippen molar-refractivity contribution in [3.05, 3.63) is 39.2 Å². The third-order valence-corrected chi connectivity index (χ3v) is 3.63. The molecule has 0 aliphatic carbocycles. The van der Waals surface area contributed by atoms with Gasteiger partial charge >= 0.3 is 17.6 Å². The minimum Gasteiger partial charge on any atom is -0.481 e. The summed E-state index contributed by atoms with van der Waals surface area (Å²) in [6, 6.07) is 3.99. The van der Waals surface area contributed by atoms with Gasteiger partial charge in [0.25, 0.3) is 5.91 Å². The third kappa shape index (κ3) is 4.82. The molecule has 2 aromatic rings. The van der Waals surface area contributed by atoms with Gasteiger partial charge in [-0.05, 0) is 18.6 Å². The van der Waals surface area contributed by atoms with Gasteiger partial charge in [-0.25, -0.2) is 4.79 Å². The average Bonchev–Trinajstić information content (AvgIpc) is 2.55. The number of esters is 1. The number of amides is 1. The Balaban J connectivity index is 2.30. The number of carboxylic acids is 1. The van der Waals surface area contributed by atoms with Gasteiger partial charge in [-0.2, -0.15) is 0 Å². The molecule has 1 amide bonds. The van der Waals surface area contributed by atoms with E-state index in [1.54, 1.807) is 0 Å². The van der Waals surface area contributed by atoms with Crippen molar-refractivity contribution in [3.63, 3.8) is 0 Å². The fourth-order valence-electron chi connectivity index (χ4n) is 2.11. The molecule has 2 N–H and O–H groups in total. The first-order valence-corrected chi connectivity index (χ1v) is 8.17. The topological polar surface area (TPSA) is 123 Å². The number of aliphatic carboxylic acids is 1. The summed E-state index contributed by atoms with van der Waals surface area (Å²) >= 11 is 6.07. The smallest absolute Gasteiger partial charge is 0.349 e. The quantitative estimate of drug-likeness (QED) is 0.428. The Morgan fingerprint density at radius 2 is 1.96 bits per heavy atom. The van der Waals surface area contributed by atoms with Crippen molar-refractivity contribution in [1.29, 1.82) is 0 Å². The molecular formula is C17H16ClNO7. The van der Waals surface area contributed by atoms with E-state index in [1.807, 2.05) is 6.92 Å². The van der Waals surface area contributed by atoms with Crippen LogP contribution in [-0.2, 0) is 9.59 Å². The molecule has 2 rings (SSSR count). The van der Waals surface area contributed by atoms with Gasteiger partial charge in [0, 0.05) is 24.4 Å². The highest BCUT2D eigenvalue weighted by Crippen LogP contribution is 2.30. The van der Waals surface area contributed by atoms with Gasteiger partial charge in [0.05, 0.1) is 11.4 Å². The maximum Gasteiger partial charge on any atom is 0.349 e. The predicted octanol–water partition coefficient (Wildman–Crippen LogP) is 2.36. The number of benzene rings is 1. The number of fused-ring (bicyclic) bond motifs is 1. The van der Waals surface area contributed by atoms with Gasteiger partial charge in [-0.1, -0.05) is 18.5 Å². The first-order chi connectivity index (χ1) is 12.3. The van der Waals surface area contributed by atoms with Crippen molar-refractivity contribution in [3.8, 4) is 5.75 Å². The van der Waals surface area contributed by atoms with Crippen molar-refractivity contribution in [2.45, 2.75) is 26.2 Å². The zero-order chi connectivity index (χ0) is 19.3. The molecule has 0 bridgehead atoms. The van der Waals surface area contributed by atoms with E-state index >= 15 is 0 Å². The van der Waals surface area contributed by atoms with E-state index < -0.39 is 23.5 Å². The van der Waals surface area contributed by atoms with E-state index in [0.29, 0.717) is 11.8 Å². The number of hydrogen-bond acceptors (Lipinski definition) is 6. The summed E-state index contributed by atoms with van der Waals surface area (Å²) in [7, 11) is 0. The lowest BCUT2D eigenvalue weighted by atomic mass is 10.1. The molecule has 26 heavy (non-hydrogen) atoms. The van der Waals surface area contributed by atoms with Crippen LogP contribution in [0.2, 0.25) is 5.02 Å². The second-order valence-corrected chi connectivity index (χ2v) is 5.80. The average molecular weight is 382 g/mol. The van der Waals surface area contributed by atoms with Crippen molar-refractivity contribution in [1.82, 2.24) is 5.32 Å². The summed E-state index contributed by atoms with van der Waals surface area (Å²) in [5.74, 6) is -2.24. The van der Waals surface area contributed by atoms with Crippen LogP contribution >= 0.6 is 11.6 Å². The molecule has 1 heterocycles. The summed E-state index contributed by atoms with van der Waals surface area (Å²) in [4.78, 5) is 46.1. The number of carbonyl (C=O) groups excluding carboxylic acids is 2. The van der Waals surface area contributed by atoms with Crippen molar-refractivity contribution in [2.75, 3.05) is 6.54 Å². The van der Waals surface area contributed by atoms with Crippen LogP contribution in [0.15, 0.2) is 27.4 Å². The summed E-state index contributed by atoms with van der Waals surface area (Å²) < 4.78 is 10.2. The number of hydrogen-bond donors (Lipinski definition) is 2. The molecule has 0 saturated heterocycles. The summed E-state index contributed by atoms with van der Waals surface area (Å²) in [6.07, 6.45) is 0.552. The highest BCUT2D eigenvalue weighted by atomic mass is 35.5. The molecule has 0 aliphatic rings. The van der Waals surface area contributed by atoms with Crippen LogP contribution < -0.4 is 15.7 Å². The highest BCUT2D eigenvalue weighted by molar-refractivity contribution is 6.33. The van der Waals surface area contributed by atoms with Crippen LogP contribution in [0.3, 0.4) is 0 Å². The summed E-state index contributed by atoms with van der Waals surface area (Å²) in [5, 5.41) is 11.4. The Kier molecular flexibility index (Phi) is 6.35. The molecule has 1 aromatic heterocycles. The molecule has 8 nitrogen and oxygen atoms in total. The normalized spacial score (nSPS) is 10.5. The highest BCUT2D eigenvalue weighted by Gasteiger charge is 2.16. The number of nitrogens with one attached hydrogen (secondary N) is 1. The Morgan fingerprint density at radius 3 is 2.62 bits per heavy atom. The fraction of sp³-hybridized carbons (Fsp3) is 0.294. The van der Waals surface area contributed by atoms with Crippen LogP contribution in [0.5, 0.6) is 5.75 Å². The molecule has 0 radical (unpaired) electrons. The van der Waals surface area contributed by atoms with Gasteiger partial charge in [-0.15, -0.1) is 0 Å². The van der Waals surface area contributed by atoms with Crippen LogP contribution in [-0.4, -0.2) is 29.5 Å². The zero-order valence-electron chi connectivity index (χ0n) is 13.8. The largest absolute Gasteiger partial charge is 0.481 e. The Hall–Kier alpha value is -2.87. The number of carbonyl (C=O) groups is 3. The molecule has 0 saturated carbocycles. The first kappa shape index (κ1) is 19.5. The Labute approximate surface area is 152 Å². The lowest BCUT2D eigenvalue weighted by Crippen LogP contribution is -2.30. The Bertz CT molecular complexity index is 919. The van der Waals surface area contributed by atoms with Gasteiger partial charge in [0.15, 0.2) is 5.75 Å². The molecule has 0 atom stereocenters. The van der Waals surface area contributed by atoms with E-state index in [1.165, 1.54) is 18.2 Å². The molecular weight excluding hydrogens is 366 g/mol. The van der Waals surface area contributed by atoms with Gasteiger partial charge < -0.3 is 19.6 Å². The van der Waals surface area contributed by atoms with Crippen LogP contribution in [0, 0.1) is 0 Å². The predicted molar refractivity (Wildman–Crippen MR) is 92.6 cm³/mol. The zero-order valence-corrected chi connectivity index (χ0v) is 14.6. The Morgan fingerprint density at radius 1 is 1.23 bits per heavy atom. The lowest BCUT2D eigenvalue weighted by molar-refractivity contribution is -0.137. The van der Waals surface area contributed by atoms with Crippen LogP contribution in [0.25, 0.3) is 11.0 Å². The van der Waals surface area contributed by atoms with E-state index in [2.05, 4.69) is 5.32 Å². The third-order valence-electron chi connectivity index (χ3n) is 3.33. The van der Waals surface area contributed by atoms with Crippen molar-refractivity contribution < 1.29 is 28.6 Å². The number of halogens is 1. The van der Waals surface area contributed by atoms with E-state index in [0.717, 1.165) is 0 Å².